The number of benzene rings is 7. The summed E-state index contributed by atoms with van der Waals surface area (Å²) in [5, 5.41) is 6.80. The van der Waals surface area contributed by atoms with Crippen LogP contribution in [-0.2, 0) is 5.41 Å². The molecule has 0 N–H and O–H groups in total. The van der Waals surface area contributed by atoms with Gasteiger partial charge in [0.15, 0.2) is 0 Å². The second-order valence-electron chi connectivity index (χ2n) is 13.0. The van der Waals surface area contributed by atoms with Crippen LogP contribution in [0.4, 0.5) is 17.1 Å². The highest BCUT2D eigenvalue weighted by Crippen LogP contribution is 2.51. The number of nitrogens with zero attached hydrogens (tertiary/aromatic N) is 1. The molecule has 0 fully saturated rings. The maximum absolute atomic E-state index is 6.64. The third kappa shape index (κ3) is 3.48. The second-order valence-corrected chi connectivity index (χ2v) is 13.0. The SMILES string of the molecule is CC1(C)c2ccccc2-c2ccc(N(c3ccc4c(c3)oc3ccccc34)c3ccc4c(c3)oc3c5ccccc5ccc43)cc21. The molecular weight excluding hydrogens is 562 g/mol. The molecule has 0 unspecified atom stereocenters. The van der Waals surface area contributed by atoms with Crippen LogP contribution in [0.15, 0.2) is 148 Å². The largest absolute Gasteiger partial charge is 0.456 e. The molecule has 46 heavy (non-hydrogen) atoms. The molecule has 7 aromatic carbocycles. The van der Waals surface area contributed by atoms with Gasteiger partial charge < -0.3 is 13.7 Å². The van der Waals surface area contributed by atoms with E-state index in [0.717, 1.165) is 66.3 Å². The van der Waals surface area contributed by atoms with Crippen molar-refractivity contribution in [3.63, 3.8) is 0 Å². The van der Waals surface area contributed by atoms with Crippen molar-refractivity contribution >= 4 is 71.7 Å². The van der Waals surface area contributed by atoms with Crippen LogP contribution in [0.25, 0.3) is 65.8 Å². The number of anilines is 3. The van der Waals surface area contributed by atoms with Crippen LogP contribution in [0.3, 0.4) is 0 Å². The third-order valence-corrected chi connectivity index (χ3v) is 10.1. The Morgan fingerprint density at radius 1 is 0.435 bits per heavy atom. The Hall–Kier alpha value is -5.80. The van der Waals surface area contributed by atoms with Crippen LogP contribution >= 0.6 is 0 Å². The lowest BCUT2D eigenvalue weighted by molar-refractivity contribution is 0.660. The van der Waals surface area contributed by atoms with Crippen molar-refractivity contribution in [2.24, 2.45) is 0 Å². The van der Waals surface area contributed by atoms with Gasteiger partial charge in [-0.25, -0.2) is 0 Å². The van der Waals surface area contributed by atoms with Crippen molar-refractivity contribution in [2.45, 2.75) is 19.3 Å². The zero-order chi connectivity index (χ0) is 30.6. The summed E-state index contributed by atoms with van der Waals surface area (Å²) < 4.78 is 13.0. The van der Waals surface area contributed by atoms with E-state index in [1.165, 1.54) is 27.6 Å². The summed E-state index contributed by atoms with van der Waals surface area (Å²) in [6.45, 7) is 4.66. The fourth-order valence-corrected chi connectivity index (χ4v) is 7.76. The van der Waals surface area contributed by atoms with E-state index in [1.807, 2.05) is 12.1 Å². The topological polar surface area (TPSA) is 29.5 Å². The second kappa shape index (κ2) is 9.12. The molecule has 218 valence electrons. The van der Waals surface area contributed by atoms with E-state index in [1.54, 1.807) is 0 Å². The maximum Gasteiger partial charge on any atom is 0.143 e. The molecule has 0 bridgehead atoms. The number of furan rings is 2. The Bertz CT molecular complexity index is 2690. The van der Waals surface area contributed by atoms with Gasteiger partial charge in [-0.3, -0.25) is 0 Å². The molecule has 0 aliphatic heterocycles. The summed E-state index contributed by atoms with van der Waals surface area (Å²) in [5.74, 6) is 0. The number of para-hydroxylation sites is 1. The minimum atomic E-state index is -0.111. The average molecular weight is 592 g/mol. The van der Waals surface area contributed by atoms with Crippen molar-refractivity contribution in [2.75, 3.05) is 4.90 Å². The van der Waals surface area contributed by atoms with Gasteiger partial charge in [-0.05, 0) is 76.2 Å². The van der Waals surface area contributed by atoms with Gasteiger partial charge in [0.25, 0.3) is 0 Å². The number of hydrogen-bond acceptors (Lipinski definition) is 3. The van der Waals surface area contributed by atoms with Gasteiger partial charge in [0.2, 0.25) is 0 Å². The molecule has 0 saturated carbocycles. The molecule has 3 heteroatoms. The zero-order valence-electron chi connectivity index (χ0n) is 25.5. The highest BCUT2D eigenvalue weighted by Gasteiger charge is 2.35. The van der Waals surface area contributed by atoms with E-state index in [9.17, 15) is 0 Å². The summed E-state index contributed by atoms with van der Waals surface area (Å²) in [6.07, 6.45) is 0. The average Bonchev–Trinajstić information content (AvgIpc) is 3.72. The monoisotopic (exact) mass is 591 g/mol. The van der Waals surface area contributed by atoms with E-state index in [-0.39, 0.29) is 5.41 Å². The van der Waals surface area contributed by atoms with Crippen LogP contribution in [0.2, 0.25) is 0 Å². The molecule has 0 amide bonds. The number of rotatable bonds is 3. The van der Waals surface area contributed by atoms with Crippen molar-refractivity contribution in [1.82, 2.24) is 0 Å². The van der Waals surface area contributed by atoms with Crippen LogP contribution in [0, 0.1) is 0 Å². The predicted octanol–water partition coefficient (Wildman–Crippen LogP) is 12.4. The van der Waals surface area contributed by atoms with Gasteiger partial charge >= 0.3 is 0 Å². The summed E-state index contributed by atoms with van der Waals surface area (Å²) in [4.78, 5) is 2.33. The van der Waals surface area contributed by atoms with Gasteiger partial charge in [-0.2, -0.15) is 0 Å². The predicted molar refractivity (Wildman–Crippen MR) is 191 cm³/mol. The third-order valence-electron chi connectivity index (χ3n) is 10.1. The molecule has 9 aromatic rings. The summed E-state index contributed by atoms with van der Waals surface area (Å²) in [5.41, 5.74) is 11.9. The minimum absolute atomic E-state index is 0.111. The number of fused-ring (bicyclic) bond motifs is 11. The molecule has 2 heterocycles. The first-order chi connectivity index (χ1) is 22.5. The molecule has 10 rings (SSSR count). The Morgan fingerprint density at radius 2 is 1.02 bits per heavy atom. The lowest BCUT2D eigenvalue weighted by atomic mass is 9.82. The van der Waals surface area contributed by atoms with Gasteiger partial charge in [-0.1, -0.05) is 92.7 Å². The van der Waals surface area contributed by atoms with Crippen molar-refractivity contribution in [3.05, 3.63) is 151 Å². The Morgan fingerprint density at radius 3 is 1.87 bits per heavy atom. The van der Waals surface area contributed by atoms with Crippen LogP contribution in [0.5, 0.6) is 0 Å². The summed E-state index contributed by atoms with van der Waals surface area (Å²) >= 11 is 0. The van der Waals surface area contributed by atoms with Crippen molar-refractivity contribution in [1.29, 1.82) is 0 Å². The molecule has 0 spiro atoms. The lowest BCUT2D eigenvalue weighted by Crippen LogP contribution is -2.16. The fourth-order valence-electron chi connectivity index (χ4n) is 7.76. The van der Waals surface area contributed by atoms with Crippen LogP contribution in [-0.4, -0.2) is 0 Å². The normalized spacial score (nSPS) is 13.6. The first-order valence-corrected chi connectivity index (χ1v) is 15.8. The highest BCUT2D eigenvalue weighted by molar-refractivity contribution is 6.15. The molecule has 2 aromatic heterocycles. The summed E-state index contributed by atoms with van der Waals surface area (Å²) in [6, 6.07) is 49.9. The maximum atomic E-state index is 6.64. The molecule has 0 atom stereocenters. The molecule has 0 saturated heterocycles. The zero-order valence-corrected chi connectivity index (χ0v) is 25.5. The first-order valence-electron chi connectivity index (χ1n) is 15.8. The van der Waals surface area contributed by atoms with Gasteiger partial charge in [-0.15, -0.1) is 0 Å². The first kappa shape index (κ1) is 25.5. The molecule has 3 nitrogen and oxygen atoms in total. The Kier molecular flexibility index (Phi) is 5.06. The Balaban J connectivity index is 1.20. The Labute approximate surface area is 265 Å². The molecule has 0 radical (unpaired) electrons. The van der Waals surface area contributed by atoms with Crippen molar-refractivity contribution in [3.8, 4) is 11.1 Å². The van der Waals surface area contributed by atoms with Crippen LogP contribution in [0.1, 0.15) is 25.0 Å². The highest BCUT2D eigenvalue weighted by atomic mass is 16.3. The van der Waals surface area contributed by atoms with E-state index in [0.29, 0.717) is 0 Å². The number of hydrogen-bond donors (Lipinski definition) is 0. The van der Waals surface area contributed by atoms with Gasteiger partial charge in [0, 0.05) is 61.5 Å². The van der Waals surface area contributed by atoms with Crippen LogP contribution < -0.4 is 4.90 Å². The quantitative estimate of drug-likeness (QED) is 0.205. The smallest absolute Gasteiger partial charge is 0.143 e. The lowest BCUT2D eigenvalue weighted by Gasteiger charge is -2.28. The standard InChI is InChI=1S/C43H29NO2/c1-43(2)37-13-7-5-11-31(37)32-20-16-27(23-38(32)43)44(28-17-21-34-33-12-6-8-14-39(33)45-40(34)24-28)29-18-22-35-36-19-15-26-9-3-4-10-30(26)42(36)46-41(35)25-29/h3-25H,1-2H3. The molecule has 1 aliphatic carbocycles. The summed E-state index contributed by atoms with van der Waals surface area (Å²) in [7, 11) is 0. The van der Waals surface area contributed by atoms with E-state index in [2.05, 4.69) is 146 Å². The van der Waals surface area contributed by atoms with Crippen molar-refractivity contribution < 1.29 is 8.83 Å². The van der Waals surface area contributed by atoms with E-state index < -0.39 is 0 Å². The fraction of sp³-hybridized carbons (Fsp3) is 0.0698. The van der Waals surface area contributed by atoms with E-state index >= 15 is 0 Å². The molecule has 1 aliphatic rings. The minimum Gasteiger partial charge on any atom is -0.456 e. The van der Waals surface area contributed by atoms with Gasteiger partial charge in [0.1, 0.15) is 22.3 Å². The van der Waals surface area contributed by atoms with E-state index in [4.69, 9.17) is 8.83 Å². The molecular formula is C43H29NO2. The van der Waals surface area contributed by atoms with Gasteiger partial charge in [0.05, 0.1) is 0 Å².